The van der Waals surface area contributed by atoms with Crippen molar-refractivity contribution < 1.29 is 0 Å². The van der Waals surface area contributed by atoms with Crippen LogP contribution in [0.5, 0.6) is 0 Å². The molecule has 0 aliphatic rings. The number of aromatic nitrogens is 3. The van der Waals surface area contributed by atoms with Crippen LogP contribution in [0, 0.1) is 12.3 Å². The molecule has 1 atom stereocenters. The summed E-state index contributed by atoms with van der Waals surface area (Å²) in [6, 6.07) is 2.08. The van der Waals surface area contributed by atoms with Gasteiger partial charge in [-0.3, -0.25) is 0 Å². The fraction of sp³-hybridized carbons (Fsp3) is 0.647. The molecule has 0 N–H and O–H groups in total. The molecule has 0 spiro atoms. The summed E-state index contributed by atoms with van der Waals surface area (Å²) in [6.07, 6.45) is 2.92. The molecular weight excluding hydrogens is 282 g/mol. The van der Waals surface area contributed by atoms with Crippen molar-refractivity contribution in [2.45, 2.75) is 65.8 Å². The van der Waals surface area contributed by atoms with E-state index < -0.39 is 0 Å². The van der Waals surface area contributed by atoms with Crippen molar-refractivity contribution in [3.05, 3.63) is 23.7 Å². The SMILES string of the molecule is Cc1cnc2c(c1)nc(C(C)Cl)n2C(C)(C)CC(C)(C)C. The number of alkyl halides is 1. The lowest BCUT2D eigenvalue weighted by atomic mass is 9.81. The average Bonchev–Trinajstić information content (AvgIpc) is 2.64. The number of hydrogen-bond donors (Lipinski definition) is 0. The van der Waals surface area contributed by atoms with E-state index in [0.29, 0.717) is 0 Å². The van der Waals surface area contributed by atoms with E-state index in [4.69, 9.17) is 16.6 Å². The number of halogens is 1. The van der Waals surface area contributed by atoms with Gasteiger partial charge < -0.3 is 4.57 Å². The Labute approximate surface area is 132 Å². The van der Waals surface area contributed by atoms with Crippen LogP contribution >= 0.6 is 11.6 Å². The molecule has 0 amide bonds. The van der Waals surface area contributed by atoms with Crippen LogP contribution in [-0.4, -0.2) is 14.5 Å². The number of aryl methyl sites for hydroxylation is 1. The number of imidazole rings is 1. The Morgan fingerprint density at radius 1 is 1.24 bits per heavy atom. The fourth-order valence-electron chi connectivity index (χ4n) is 3.32. The first-order valence-electron chi connectivity index (χ1n) is 7.51. The van der Waals surface area contributed by atoms with Crippen LogP contribution in [0.3, 0.4) is 0 Å². The second-order valence-corrected chi connectivity index (χ2v) is 8.48. The van der Waals surface area contributed by atoms with Gasteiger partial charge in [0.2, 0.25) is 0 Å². The highest BCUT2D eigenvalue weighted by molar-refractivity contribution is 6.20. The summed E-state index contributed by atoms with van der Waals surface area (Å²) in [5.74, 6) is 0.902. The van der Waals surface area contributed by atoms with Gasteiger partial charge in [0.1, 0.15) is 11.3 Å². The minimum Gasteiger partial charge on any atom is -0.306 e. The zero-order valence-electron chi connectivity index (χ0n) is 14.2. The number of hydrogen-bond acceptors (Lipinski definition) is 2. The maximum absolute atomic E-state index is 6.39. The van der Waals surface area contributed by atoms with Crippen LogP contribution in [0.15, 0.2) is 12.3 Å². The van der Waals surface area contributed by atoms with Crippen LogP contribution < -0.4 is 0 Å². The van der Waals surface area contributed by atoms with E-state index in [1.807, 2.05) is 20.0 Å². The Hall–Kier alpha value is -1.09. The minimum atomic E-state index is -0.140. The highest BCUT2D eigenvalue weighted by Gasteiger charge is 2.32. The lowest BCUT2D eigenvalue weighted by Crippen LogP contribution is -2.33. The summed E-state index contributed by atoms with van der Waals surface area (Å²) in [6.45, 7) is 15.3. The monoisotopic (exact) mass is 307 g/mol. The molecule has 4 heteroatoms. The average molecular weight is 308 g/mol. The van der Waals surface area contributed by atoms with Crippen molar-refractivity contribution in [3.63, 3.8) is 0 Å². The van der Waals surface area contributed by atoms with E-state index in [1.165, 1.54) is 0 Å². The molecular formula is C17H26ClN3. The third kappa shape index (κ3) is 3.39. The van der Waals surface area contributed by atoms with Crippen LogP contribution in [-0.2, 0) is 5.54 Å². The summed E-state index contributed by atoms with van der Waals surface area (Å²) in [5, 5.41) is -0.140. The summed E-state index contributed by atoms with van der Waals surface area (Å²) in [7, 11) is 0. The molecule has 0 aliphatic heterocycles. The van der Waals surface area contributed by atoms with Crippen molar-refractivity contribution >= 4 is 22.8 Å². The lowest BCUT2D eigenvalue weighted by Gasteiger charge is -2.35. The van der Waals surface area contributed by atoms with Crippen molar-refractivity contribution in [2.75, 3.05) is 0 Å². The van der Waals surface area contributed by atoms with Gasteiger partial charge in [-0.25, -0.2) is 9.97 Å². The van der Waals surface area contributed by atoms with Gasteiger partial charge in [-0.2, -0.15) is 0 Å². The highest BCUT2D eigenvalue weighted by Crippen LogP contribution is 2.37. The number of pyridine rings is 1. The lowest BCUT2D eigenvalue weighted by molar-refractivity contribution is 0.214. The van der Waals surface area contributed by atoms with E-state index in [2.05, 4.69) is 50.2 Å². The number of nitrogens with zero attached hydrogens (tertiary/aromatic N) is 3. The molecule has 3 nitrogen and oxygen atoms in total. The van der Waals surface area contributed by atoms with Gasteiger partial charge in [-0.1, -0.05) is 20.8 Å². The standard InChI is InChI=1S/C17H26ClN3/c1-11-8-13-15(19-9-11)21(14(20-13)12(2)18)17(6,7)10-16(3,4)5/h8-9,12H,10H2,1-7H3. The summed E-state index contributed by atoms with van der Waals surface area (Å²) < 4.78 is 2.23. The molecule has 1 unspecified atom stereocenters. The van der Waals surface area contributed by atoms with Gasteiger partial charge in [0.25, 0.3) is 0 Å². The zero-order valence-corrected chi connectivity index (χ0v) is 14.9. The smallest absolute Gasteiger partial charge is 0.160 e. The van der Waals surface area contributed by atoms with Crippen LogP contribution in [0.25, 0.3) is 11.2 Å². The van der Waals surface area contributed by atoms with Crippen LogP contribution in [0.2, 0.25) is 0 Å². The van der Waals surface area contributed by atoms with Gasteiger partial charge in [-0.05, 0) is 51.2 Å². The van der Waals surface area contributed by atoms with E-state index in [0.717, 1.165) is 29.0 Å². The summed E-state index contributed by atoms with van der Waals surface area (Å²) >= 11 is 6.39. The van der Waals surface area contributed by atoms with E-state index in [1.54, 1.807) is 0 Å². The maximum atomic E-state index is 6.39. The highest BCUT2D eigenvalue weighted by atomic mass is 35.5. The molecule has 0 bridgehead atoms. The Bertz CT molecular complexity index is 648. The Morgan fingerprint density at radius 3 is 2.38 bits per heavy atom. The quantitative estimate of drug-likeness (QED) is 0.729. The zero-order chi connectivity index (χ0) is 16.0. The van der Waals surface area contributed by atoms with Gasteiger partial charge in [0.15, 0.2) is 5.65 Å². The first-order valence-corrected chi connectivity index (χ1v) is 7.94. The molecule has 0 saturated heterocycles. The Balaban J connectivity index is 2.68. The molecule has 21 heavy (non-hydrogen) atoms. The normalized spacial score (nSPS) is 14.7. The van der Waals surface area contributed by atoms with Gasteiger partial charge >= 0.3 is 0 Å². The third-order valence-electron chi connectivity index (χ3n) is 3.58. The van der Waals surface area contributed by atoms with Gasteiger partial charge in [-0.15, -0.1) is 11.6 Å². The molecule has 116 valence electrons. The van der Waals surface area contributed by atoms with E-state index in [-0.39, 0.29) is 16.3 Å². The van der Waals surface area contributed by atoms with Crippen LogP contribution in [0.1, 0.15) is 64.7 Å². The van der Waals surface area contributed by atoms with Crippen molar-refractivity contribution in [2.24, 2.45) is 5.41 Å². The molecule has 2 aromatic heterocycles. The second kappa shape index (κ2) is 5.28. The predicted octanol–water partition coefficient (Wildman–Crippen LogP) is 5.21. The topological polar surface area (TPSA) is 30.7 Å². The van der Waals surface area contributed by atoms with Crippen molar-refractivity contribution in [1.29, 1.82) is 0 Å². The summed E-state index contributed by atoms with van der Waals surface area (Å²) in [4.78, 5) is 9.36. The fourth-order valence-corrected chi connectivity index (χ4v) is 3.47. The molecule has 0 radical (unpaired) electrons. The molecule has 0 aromatic carbocycles. The van der Waals surface area contributed by atoms with Crippen molar-refractivity contribution in [1.82, 2.24) is 14.5 Å². The number of fused-ring (bicyclic) bond motifs is 1. The molecule has 2 aromatic rings. The molecule has 0 saturated carbocycles. The number of rotatable bonds is 3. The minimum absolute atomic E-state index is 0.0895. The van der Waals surface area contributed by atoms with Gasteiger partial charge in [0.05, 0.1) is 5.38 Å². The first-order chi connectivity index (χ1) is 9.51. The maximum Gasteiger partial charge on any atom is 0.160 e. The molecule has 0 fully saturated rings. The molecule has 2 rings (SSSR count). The second-order valence-electron chi connectivity index (χ2n) is 7.83. The summed E-state index contributed by atoms with van der Waals surface area (Å²) in [5.41, 5.74) is 3.11. The third-order valence-corrected chi connectivity index (χ3v) is 3.78. The molecule has 0 aliphatic carbocycles. The Morgan fingerprint density at radius 2 is 1.86 bits per heavy atom. The molecule has 2 heterocycles. The van der Waals surface area contributed by atoms with E-state index >= 15 is 0 Å². The predicted molar refractivity (Wildman–Crippen MR) is 89.9 cm³/mol. The largest absolute Gasteiger partial charge is 0.306 e. The van der Waals surface area contributed by atoms with E-state index in [9.17, 15) is 0 Å². The van der Waals surface area contributed by atoms with Gasteiger partial charge in [0, 0.05) is 11.7 Å². The Kier molecular flexibility index (Phi) is 4.09. The van der Waals surface area contributed by atoms with Crippen LogP contribution in [0.4, 0.5) is 0 Å². The van der Waals surface area contributed by atoms with Crippen molar-refractivity contribution in [3.8, 4) is 0 Å². The first kappa shape index (κ1) is 16.3.